The Labute approximate surface area is 253 Å². The van der Waals surface area contributed by atoms with E-state index in [-0.39, 0.29) is 27.0 Å². The van der Waals surface area contributed by atoms with Gasteiger partial charge < -0.3 is 10.3 Å². The first-order valence-corrected chi connectivity index (χ1v) is 13.7. The third kappa shape index (κ3) is 5.29. The summed E-state index contributed by atoms with van der Waals surface area (Å²) in [7, 11) is 0. The Kier molecular flexibility index (Phi) is 7.41. The van der Waals surface area contributed by atoms with E-state index in [9.17, 15) is 22.8 Å². The van der Waals surface area contributed by atoms with E-state index in [2.05, 4.69) is 32.1 Å². The summed E-state index contributed by atoms with van der Waals surface area (Å²) in [6.45, 7) is 1.80. The maximum atomic E-state index is 14.3. The quantitative estimate of drug-likeness (QED) is 0.212. The zero-order valence-electron chi connectivity index (χ0n) is 22.9. The Hall–Kier alpha value is -5.40. The summed E-state index contributed by atoms with van der Waals surface area (Å²) in [6.07, 6.45) is -1.64. The highest BCUT2D eigenvalue weighted by molar-refractivity contribution is 6.36. The molecule has 3 aromatic carbocycles. The van der Waals surface area contributed by atoms with Gasteiger partial charge in [-0.25, -0.2) is 9.97 Å². The lowest BCUT2D eigenvalue weighted by Gasteiger charge is -2.23. The summed E-state index contributed by atoms with van der Waals surface area (Å²) in [6, 6.07) is 19.2. The first kappa shape index (κ1) is 28.7. The van der Waals surface area contributed by atoms with Crippen LogP contribution in [0.25, 0.3) is 27.5 Å². The molecule has 1 atom stereocenters. The van der Waals surface area contributed by atoms with Crippen molar-refractivity contribution in [1.82, 2.24) is 19.5 Å². The molecule has 44 heavy (non-hydrogen) atoms. The predicted molar refractivity (Wildman–Crippen MR) is 164 cm³/mol. The Morgan fingerprint density at radius 2 is 1.66 bits per heavy atom. The molecule has 2 N–H and O–H groups in total. The van der Waals surface area contributed by atoms with Crippen LogP contribution in [-0.2, 0) is 6.18 Å². The average molecular weight is 612 g/mol. The highest BCUT2D eigenvalue weighted by Crippen LogP contribution is 2.34. The summed E-state index contributed by atoms with van der Waals surface area (Å²) >= 11 is 7.07. The van der Waals surface area contributed by atoms with E-state index in [0.717, 1.165) is 12.1 Å². The zero-order valence-corrected chi connectivity index (χ0v) is 23.7. The summed E-state index contributed by atoms with van der Waals surface area (Å²) in [4.78, 5) is 38.3. The molecule has 0 spiro atoms. The van der Waals surface area contributed by atoms with E-state index in [1.165, 1.54) is 35.3 Å². The highest BCUT2D eigenvalue weighted by atomic mass is 35.5. The van der Waals surface area contributed by atoms with Crippen LogP contribution < -0.4 is 16.3 Å². The fourth-order valence-electron chi connectivity index (χ4n) is 5.02. The molecule has 0 amide bonds. The van der Waals surface area contributed by atoms with E-state index in [0.29, 0.717) is 33.5 Å². The number of aromatic nitrogens is 4. The predicted octanol–water partition coefficient (Wildman–Crippen LogP) is 6.87. The van der Waals surface area contributed by atoms with Crippen molar-refractivity contribution in [1.29, 1.82) is 0 Å². The van der Waals surface area contributed by atoms with Crippen LogP contribution in [0, 0.1) is 11.8 Å². The molecule has 218 valence electrons. The lowest BCUT2D eigenvalue weighted by Crippen LogP contribution is -2.27. The smallest absolute Gasteiger partial charge is 0.361 e. The van der Waals surface area contributed by atoms with Crippen LogP contribution in [0.4, 0.5) is 19.0 Å². The van der Waals surface area contributed by atoms with Gasteiger partial charge in [0.1, 0.15) is 23.2 Å². The van der Waals surface area contributed by atoms with Crippen LogP contribution in [0.2, 0.25) is 5.02 Å². The Balaban J connectivity index is 1.52. The number of nitrogens with one attached hydrogen (secondary N) is 2. The highest BCUT2D eigenvalue weighted by Gasteiger charge is 2.30. The normalized spacial score (nSPS) is 12.1. The molecule has 0 aliphatic carbocycles. The number of fused-ring (bicyclic) bond motifs is 2. The number of hydrogen-bond donors (Lipinski definition) is 2. The molecule has 0 radical (unpaired) electrons. The van der Waals surface area contributed by atoms with Gasteiger partial charge in [0.25, 0.3) is 5.56 Å². The number of alkyl halides is 3. The van der Waals surface area contributed by atoms with Crippen LogP contribution in [0.3, 0.4) is 0 Å². The number of rotatable bonds is 4. The lowest BCUT2D eigenvalue weighted by molar-refractivity contribution is -0.137. The van der Waals surface area contributed by atoms with Gasteiger partial charge >= 0.3 is 6.18 Å². The molecular weight excluding hydrogens is 591 g/mol. The van der Waals surface area contributed by atoms with Crippen LogP contribution in [0.1, 0.15) is 35.3 Å². The van der Waals surface area contributed by atoms with Gasteiger partial charge in [-0.3, -0.25) is 14.2 Å². The molecule has 0 unspecified atom stereocenters. The second-order valence-electron chi connectivity index (χ2n) is 9.88. The Morgan fingerprint density at radius 1 is 0.909 bits per heavy atom. The van der Waals surface area contributed by atoms with Crippen molar-refractivity contribution in [3.63, 3.8) is 0 Å². The fraction of sp³-hybridized carbons (Fsp3) is 0.0909. The summed E-state index contributed by atoms with van der Waals surface area (Å²) < 4.78 is 40.5. The molecule has 0 aliphatic heterocycles. The molecule has 6 aromatic rings. The molecule has 0 saturated heterocycles. The third-order valence-electron chi connectivity index (χ3n) is 7.06. The van der Waals surface area contributed by atoms with Crippen molar-refractivity contribution >= 4 is 39.2 Å². The van der Waals surface area contributed by atoms with Crippen LogP contribution in [0.15, 0.2) is 101 Å². The standard InChI is InChI=1S/C33H21ClF3N5O2/c1-19(41-31-27-25(43)16-17-38-30(27)39-18-40-31)29-28(34)24-9-5-6-21(13-10-20-11-14-22(15-12-20)33(35,36)37)26(24)32(44)42(29)23-7-3-2-4-8-23/h2-9,11-12,14-19H,1H3,(H2,38,39,40,41,43)/t19-/m0/s1. The monoisotopic (exact) mass is 611 g/mol. The number of para-hydroxylation sites is 1. The second-order valence-corrected chi connectivity index (χ2v) is 10.3. The van der Waals surface area contributed by atoms with Crippen molar-refractivity contribution in [3.05, 3.63) is 139 Å². The van der Waals surface area contributed by atoms with Gasteiger partial charge in [-0.05, 0) is 49.4 Å². The molecule has 0 bridgehead atoms. The number of pyridine rings is 2. The van der Waals surface area contributed by atoms with Crippen molar-refractivity contribution in [3.8, 4) is 17.5 Å². The number of hydrogen-bond acceptors (Lipinski definition) is 5. The van der Waals surface area contributed by atoms with Crippen molar-refractivity contribution in [2.45, 2.75) is 19.1 Å². The summed E-state index contributed by atoms with van der Waals surface area (Å²) in [5.74, 6) is 6.08. The topological polar surface area (TPSA) is 92.7 Å². The Morgan fingerprint density at radius 3 is 2.39 bits per heavy atom. The molecule has 0 aliphatic rings. The van der Waals surface area contributed by atoms with Crippen molar-refractivity contribution in [2.24, 2.45) is 0 Å². The van der Waals surface area contributed by atoms with Crippen LogP contribution in [0.5, 0.6) is 0 Å². The summed E-state index contributed by atoms with van der Waals surface area (Å²) in [5.41, 5.74) is 0.565. The SMILES string of the molecule is C[C@H](Nc1ncnc2[nH]ccc(=O)c12)c1c(Cl)c2cccc(C#Cc3ccc(C(F)(F)F)cc3)c2c(=O)n1-c1ccccc1. The molecule has 0 saturated carbocycles. The number of H-pyrrole nitrogens is 1. The van der Waals surface area contributed by atoms with E-state index in [1.54, 1.807) is 49.4 Å². The number of benzene rings is 3. The molecule has 7 nitrogen and oxygen atoms in total. The second kappa shape index (κ2) is 11.4. The Bertz CT molecular complexity index is 2210. The maximum Gasteiger partial charge on any atom is 0.416 e. The third-order valence-corrected chi connectivity index (χ3v) is 7.46. The van der Waals surface area contributed by atoms with Gasteiger partial charge in [-0.1, -0.05) is 53.8 Å². The minimum absolute atomic E-state index is 0.251. The first-order valence-electron chi connectivity index (χ1n) is 13.3. The number of aromatic amines is 1. The van der Waals surface area contributed by atoms with Gasteiger partial charge in [-0.2, -0.15) is 13.2 Å². The van der Waals surface area contributed by atoms with Crippen molar-refractivity contribution in [2.75, 3.05) is 5.32 Å². The minimum Gasteiger partial charge on any atom is -0.361 e. The average Bonchev–Trinajstić information content (AvgIpc) is 3.01. The zero-order chi connectivity index (χ0) is 31.0. The summed E-state index contributed by atoms with van der Waals surface area (Å²) in [5, 5.41) is 4.46. The van der Waals surface area contributed by atoms with Gasteiger partial charge in [0, 0.05) is 34.5 Å². The molecule has 6 rings (SSSR count). The number of anilines is 1. The molecular formula is C33H21ClF3N5O2. The lowest BCUT2D eigenvalue weighted by atomic mass is 10.0. The number of nitrogens with zero attached hydrogens (tertiary/aromatic N) is 3. The van der Waals surface area contributed by atoms with Crippen LogP contribution >= 0.6 is 11.6 Å². The fourth-order valence-corrected chi connectivity index (χ4v) is 5.42. The molecule has 11 heteroatoms. The maximum absolute atomic E-state index is 14.3. The number of halogens is 4. The van der Waals surface area contributed by atoms with Gasteiger partial charge in [0.05, 0.1) is 27.7 Å². The van der Waals surface area contributed by atoms with Crippen molar-refractivity contribution < 1.29 is 13.2 Å². The molecule has 3 aromatic heterocycles. The van der Waals surface area contributed by atoms with E-state index in [1.807, 2.05) is 6.07 Å². The first-order chi connectivity index (χ1) is 21.1. The van der Waals surface area contributed by atoms with Gasteiger partial charge in [-0.15, -0.1) is 0 Å². The van der Waals surface area contributed by atoms with E-state index >= 15 is 0 Å². The van der Waals surface area contributed by atoms with E-state index < -0.39 is 23.3 Å². The van der Waals surface area contributed by atoms with Gasteiger partial charge in [0.2, 0.25) is 0 Å². The molecule has 3 heterocycles. The van der Waals surface area contributed by atoms with Gasteiger partial charge in [0.15, 0.2) is 5.43 Å². The van der Waals surface area contributed by atoms with E-state index in [4.69, 9.17) is 11.6 Å². The minimum atomic E-state index is -4.46. The molecule has 0 fully saturated rings. The van der Waals surface area contributed by atoms with Crippen LogP contribution in [-0.4, -0.2) is 19.5 Å². The largest absolute Gasteiger partial charge is 0.416 e.